The molecule has 2 aromatic carbocycles. The van der Waals surface area contributed by atoms with E-state index >= 15 is 0 Å². The molecule has 5 nitrogen and oxygen atoms in total. The Kier molecular flexibility index (Phi) is 5.73. The molecule has 1 fully saturated rings. The van der Waals surface area contributed by atoms with Gasteiger partial charge < -0.3 is 9.80 Å². The molecule has 0 saturated carbocycles. The van der Waals surface area contributed by atoms with E-state index in [4.69, 9.17) is 11.6 Å². The first-order valence-corrected chi connectivity index (χ1v) is 10.6. The molecular weight excluding hydrogens is 396 g/mol. The Morgan fingerprint density at radius 3 is 2.53 bits per heavy atom. The van der Waals surface area contributed by atoms with E-state index in [2.05, 4.69) is 59.6 Å². The molecule has 0 atom stereocenters. The van der Waals surface area contributed by atoms with Crippen LogP contribution in [0.25, 0.3) is 22.0 Å². The van der Waals surface area contributed by atoms with Crippen molar-refractivity contribution in [2.75, 3.05) is 31.1 Å². The van der Waals surface area contributed by atoms with Gasteiger partial charge in [0.15, 0.2) is 0 Å². The van der Waals surface area contributed by atoms with E-state index in [0.29, 0.717) is 37.1 Å². The van der Waals surface area contributed by atoms with Crippen LogP contribution in [0.3, 0.4) is 0 Å². The summed E-state index contributed by atoms with van der Waals surface area (Å²) in [6.45, 7) is 10.6. The molecule has 4 rings (SSSR count). The van der Waals surface area contributed by atoms with Gasteiger partial charge in [-0.25, -0.2) is 9.97 Å². The number of carbonyl (C=O) groups excluding carboxylic acids is 1. The van der Waals surface area contributed by atoms with Crippen LogP contribution in [0.2, 0.25) is 5.02 Å². The fourth-order valence-corrected chi connectivity index (χ4v) is 4.30. The fraction of sp³-hybridized carbons (Fsp3) is 0.292. The van der Waals surface area contributed by atoms with Gasteiger partial charge in [0.25, 0.3) is 0 Å². The summed E-state index contributed by atoms with van der Waals surface area (Å²) in [5.41, 5.74) is 4.24. The second kappa shape index (κ2) is 8.44. The molecule has 0 unspecified atom stereocenters. The van der Waals surface area contributed by atoms with Crippen LogP contribution in [0.4, 0.5) is 5.82 Å². The monoisotopic (exact) mass is 420 g/mol. The first kappa shape index (κ1) is 20.4. The van der Waals surface area contributed by atoms with Crippen LogP contribution in [0, 0.1) is 0 Å². The van der Waals surface area contributed by atoms with Crippen LogP contribution in [0.5, 0.6) is 0 Å². The Bertz CT molecular complexity index is 1100. The van der Waals surface area contributed by atoms with Gasteiger partial charge in [-0.15, -0.1) is 0 Å². The third-order valence-electron chi connectivity index (χ3n) is 5.64. The van der Waals surface area contributed by atoms with Crippen LogP contribution in [0.1, 0.15) is 25.3 Å². The van der Waals surface area contributed by atoms with Crippen molar-refractivity contribution in [3.63, 3.8) is 0 Å². The highest BCUT2D eigenvalue weighted by Gasteiger charge is 2.22. The zero-order chi connectivity index (χ0) is 21.3. The van der Waals surface area contributed by atoms with Crippen LogP contribution in [-0.2, 0) is 4.79 Å². The Labute approximate surface area is 182 Å². The number of aromatic nitrogens is 2. The maximum Gasteiger partial charge on any atom is 0.246 e. The largest absolute Gasteiger partial charge is 0.352 e. The second-order valence-electron chi connectivity index (χ2n) is 7.80. The number of fused-ring (bicyclic) bond motifs is 1. The molecule has 1 amide bonds. The minimum Gasteiger partial charge on any atom is -0.352 e. The van der Waals surface area contributed by atoms with E-state index < -0.39 is 0 Å². The molecule has 0 radical (unpaired) electrons. The Morgan fingerprint density at radius 1 is 1.10 bits per heavy atom. The zero-order valence-corrected chi connectivity index (χ0v) is 18.1. The lowest BCUT2D eigenvalue weighted by Gasteiger charge is -2.35. The lowest BCUT2D eigenvalue weighted by atomic mass is 9.92. The minimum absolute atomic E-state index is 0.0290. The van der Waals surface area contributed by atoms with Crippen molar-refractivity contribution in [1.29, 1.82) is 0 Å². The quantitative estimate of drug-likeness (QED) is 0.563. The van der Waals surface area contributed by atoms with Gasteiger partial charge in [0.1, 0.15) is 12.1 Å². The molecule has 3 aromatic rings. The first-order chi connectivity index (χ1) is 14.5. The molecule has 30 heavy (non-hydrogen) atoms. The van der Waals surface area contributed by atoms with E-state index in [-0.39, 0.29) is 5.91 Å². The third-order valence-corrected chi connectivity index (χ3v) is 5.95. The number of piperazine rings is 1. The molecule has 0 N–H and O–H groups in total. The van der Waals surface area contributed by atoms with Crippen molar-refractivity contribution in [3.05, 3.63) is 66.0 Å². The molecule has 0 aliphatic carbocycles. The normalized spacial score (nSPS) is 14.4. The summed E-state index contributed by atoms with van der Waals surface area (Å²) in [4.78, 5) is 24.9. The molecule has 0 spiro atoms. The number of nitrogens with zero attached hydrogens (tertiary/aromatic N) is 4. The molecule has 1 saturated heterocycles. The van der Waals surface area contributed by atoms with Crippen LogP contribution in [0.15, 0.2) is 55.4 Å². The SMILES string of the molecule is C=CC(=O)N1CCN(c2ncnc3cc(-c4ccccc4C(C)C)c(Cl)cc23)CC1. The van der Waals surface area contributed by atoms with Crippen molar-refractivity contribution in [1.82, 2.24) is 14.9 Å². The lowest BCUT2D eigenvalue weighted by Crippen LogP contribution is -2.48. The average Bonchev–Trinajstić information content (AvgIpc) is 2.78. The molecule has 1 aliphatic heterocycles. The van der Waals surface area contributed by atoms with Gasteiger partial charge in [0.05, 0.1) is 5.52 Å². The van der Waals surface area contributed by atoms with E-state index in [1.165, 1.54) is 11.6 Å². The van der Waals surface area contributed by atoms with E-state index in [9.17, 15) is 4.79 Å². The van der Waals surface area contributed by atoms with Crippen LogP contribution < -0.4 is 4.90 Å². The molecule has 0 bridgehead atoms. The van der Waals surface area contributed by atoms with Gasteiger partial charge in [-0.1, -0.05) is 56.3 Å². The maximum absolute atomic E-state index is 11.9. The number of anilines is 1. The van der Waals surface area contributed by atoms with Gasteiger partial charge in [0.2, 0.25) is 5.91 Å². The van der Waals surface area contributed by atoms with Crippen molar-refractivity contribution < 1.29 is 4.79 Å². The summed E-state index contributed by atoms with van der Waals surface area (Å²) in [7, 11) is 0. The number of hydrogen-bond acceptors (Lipinski definition) is 4. The minimum atomic E-state index is -0.0290. The van der Waals surface area contributed by atoms with Crippen molar-refractivity contribution >= 4 is 34.2 Å². The lowest BCUT2D eigenvalue weighted by molar-refractivity contribution is -0.126. The molecule has 1 aliphatic rings. The van der Waals surface area contributed by atoms with Crippen LogP contribution in [-0.4, -0.2) is 47.0 Å². The standard InChI is InChI=1S/C24H25ClN4O/c1-4-23(30)28-9-11-29(12-10-28)24-20-13-21(25)19(14-22(20)26-15-27-24)18-8-6-5-7-17(18)16(2)3/h4-8,13-16H,1,9-12H2,2-3H3. The summed E-state index contributed by atoms with van der Waals surface area (Å²) in [5, 5.41) is 1.61. The predicted octanol–water partition coefficient (Wildman–Crippen LogP) is 4.91. The highest BCUT2D eigenvalue weighted by molar-refractivity contribution is 6.34. The molecule has 2 heterocycles. The Balaban J connectivity index is 1.72. The number of amides is 1. The van der Waals surface area contributed by atoms with Crippen molar-refractivity contribution in [2.24, 2.45) is 0 Å². The van der Waals surface area contributed by atoms with Crippen molar-refractivity contribution in [2.45, 2.75) is 19.8 Å². The maximum atomic E-state index is 11.9. The molecule has 1 aromatic heterocycles. The number of hydrogen-bond donors (Lipinski definition) is 0. The molecule has 6 heteroatoms. The predicted molar refractivity (Wildman–Crippen MR) is 123 cm³/mol. The fourth-order valence-electron chi connectivity index (χ4n) is 4.03. The van der Waals surface area contributed by atoms with Gasteiger partial charge in [-0.3, -0.25) is 4.79 Å². The zero-order valence-electron chi connectivity index (χ0n) is 17.3. The summed E-state index contributed by atoms with van der Waals surface area (Å²) in [5.74, 6) is 1.22. The van der Waals surface area contributed by atoms with E-state index in [1.54, 1.807) is 11.2 Å². The Hall–Kier alpha value is -2.92. The van der Waals surface area contributed by atoms with Crippen molar-refractivity contribution in [3.8, 4) is 11.1 Å². The van der Waals surface area contributed by atoms with Gasteiger partial charge in [-0.05, 0) is 35.3 Å². The van der Waals surface area contributed by atoms with Gasteiger partial charge >= 0.3 is 0 Å². The highest BCUT2D eigenvalue weighted by atomic mass is 35.5. The number of halogens is 1. The third kappa shape index (κ3) is 3.77. The smallest absolute Gasteiger partial charge is 0.246 e. The summed E-state index contributed by atoms with van der Waals surface area (Å²) < 4.78 is 0. The second-order valence-corrected chi connectivity index (χ2v) is 8.21. The molecule has 154 valence electrons. The average molecular weight is 421 g/mol. The highest BCUT2D eigenvalue weighted by Crippen LogP contribution is 2.37. The first-order valence-electron chi connectivity index (χ1n) is 10.2. The van der Waals surface area contributed by atoms with Gasteiger partial charge in [-0.2, -0.15) is 0 Å². The Morgan fingerprint density at radius 2 is 1.83 bits per heavy atom. The van der Waals surface area contributed by atoms with E-state index in [1.807, 2.05) is 12.1 Å². The summed E-state index contributed by atoms with van der Waals surface area (Å²) in [6, 6.07) is 12.4. The van der Waals surface area contributed by atoms with E-state index in [0.717, 1.165) is 27.8 Å². The topological polar surface area (TPSA) is 49.3 Å². The summed E-state index contributed by atoms with van der Waals surface area (Å²) >= 11 is 6.77. The number of rotatable bonds is 4. The molecular formula is C24H25ClN4O. The number of carbonyl (C=O) groups is 1. The number of benzene rings is 2. The van der Waals surface area contributed by atoms with Gasteiger partial charge in [0, 0.05) is 42.2 Å². The summed E-state index contributed by atoms with van der Waals surface area (Å²) in [6.07, 6.45) is 2.97. The van der Waals surface area contributed by atoms with Crippen LogP contribution >= 0.6 is 11.6 Å².